The molecule has 0 saturated carbocycles. The van der Waals surface area contributed by atoms with E-state index in [2.05, 4.69) is 15.2 Å². The third-order valence-corrected chi connectivity index (χ3v) is 4.01. The molecule has 6 heteroatoms. The Morgan fingerprint density at radius 1 is 1.26 bits per heavy atom. The fraction of sp³-hybridized carbons (Fsp3) is 0.647. The predicted octanol–water partition coefficient (Wildman–Crippen LogP) is 1.44. The van der Waals surface area contributed by atoms with Crippen molar-refractivity contribution in [3.05, 3.63) is 23.9 Å². The number of pyridine rings is 1. The van der Waals surface area contributed by atoms with Gasteiger partial charge in [0, 0.05) is 37.8 Å². The van der Waals surface area contributed by atoms with Crippen molar-refractivity contribution < 1.29 is 9.53 Å². The van der Waals surface area contributed by atoms with Gasteiger partial charge in [-0.2, -0.15) is 0 Å². The lowest BCUT2D eigenvalue weighted by atomic mass is 10.1. The number of hydrogen-bond donors (Lipinski definition) is 2. The maximum Gasteiger partial charge on any atom is 0.220 e. The lowest BCUT2D eigenvalue weighted by Crippen LogP contribution is -2.37. The lowest BCUT2D eigenvalue weighted by Gasteiger charge is -2.29. The van der Waals surface area contributed by atoms with Gasteiger partial charge in [0.15, 0.2) is 0 Å². The summed E-state index contributed by atoms with van der Waals surface area (Å²) in [5, 5.41) is 3.01. The molecule has 0 aliphatic carbocycles. The Hall–Kier alpha value is -1.66. The molecule has 6 nitrogen and oxygen atoms in total. The highest BCUT2D eigenvalue weighted by Gasteiger charge is 2.16. The minimum absolute atomic E-state index is 0.106. The van der Waals surface area contributed by atoms with E-state index in [1.54, 1.807) is 6.20 Å². The second-order valence-corrected chi connectivity index (χ2v) is 5.82. The summed E-state index contributed by atoms with van der Waals surface area (Å²) >= 11 is 0. The molecule has 1 aliphatic rings. The number of nitrogens with two attached hydrogens (primary N) is 1. The van der Waals surface area contributed by atoms with Crippen molar-refractivity contribution in [2.75, 3.05) is 37.7 Å². The van der Waals surface area contributed by atoms with Crippen LogP contribution >= 0.6 is 0 Å². The molecule has 1 aromatic heterocycles. The Morgan fingerprint density at radius 3 is 2.83 bits per heavy atom. The molecule has 3 N–H and O–H groups in total. The molecule has 0 bridgehead atoms. The van der Waals surface area contributed by atoms with Crippen molar-refractivity contribution in [3.8, 4) is 0 Å². The molecule has 128 valence electrons. The summed E-state index contributed by atoms with van der Waals surface area (Å²) in [5.41, 5.74) is 6.52. The average Bonchev–Trinajstić information content (AvgIpc) is 2.61. The fourth-order valence-corrected chi connectivity index (χ4v) is 2.69. The van der Waals surface area contributed by atoms with Crippen molar-refractivity contribution in [2.45, 2.75) is 38.6 Å². The third-order valence-electron chi connectivity index (χ3n) is 4.01. The highest BCUT2D eigenvalue weighted by Crippen LogP contribution is 2.18. The SMILES string of the molecule is NCCCCCCC(=O)NCc1cccnc1N1CCOCC1. The first-order valence-electron chi connectivity index (χ1n) is 8.54. The summed E-state index contributed by atoms with van der Waals surface area (Å²) in [7, 11) is 0. The second kappa shape index (κ2) is 10.2. The zero-order valence-electron chi connectivity index (χ0n) is 13.8. The largest absolute Gasteiger partial charge is 0.378 e. The third kappa shape index (κ3) is 6.15. The maximum absolute atomic E-state index is 11.9. The normalized spacial score (nSPS) is 14.7. The average molecular weight is 320 g/mol. The zero-order chi connectivity index (χ0) is 16.3. The van der Waals surface area contributed by atoms with Crippen molar-refractivity contribution in [2.24, 2.45) is 5.73 Å². The number of morpholine rings is 1. The van der Waals surface area contributed by atoms with Gasteiger partial charge in [0.2, 0.25) is 5.91 Å². The van der Waals surface area contributed by atoms with Crippen LogP contribution in [-0.4, -0.2) is 43.7 Å². The quantitative estimate of drug-likeness (QED) is 0.673. The van der Waals surface area contributed by atoms with Crippen LogP contribution in [0.15, 0.2) is 18.3 Å². The molecule has 0 radical (unpaired) electrons. The van der Waals surface area contributed by atoms with Gasteiger partial charge in [0.1, 0.15) is 5.82 Å². The Labute approximate surface area is 138 Å². The van der Waals surface area contributed by atoms with E-state index in [1.165, 1.54) is 0 Å². The molecule has 0 aromatic carbocycles. The first-order chi connectivity index (χ1) is 11.3. The number of carbonyl (C=O) groups is 1. The van der Waals surface area contributed by atoms with Gasteiger partial charge in [-0.15, -0.1) is 0 Å². The number of amides is 1. The van der Waals surface area contributed by atoms with E-state index in [0.717, 1.165) is 69.9 Å². The Morgan fingerprint density at radius 2 is 2.04 bits per heavy atom. The summed E-state index contributed by atoms with van der Waals surface area (Å²) in [6, 6.07) is 3.94. The molecular formula is C17H28N4O2. The molecule has 1 saturated heterocycles. The van der Waals surface area contributed by atoms with Crippen molar-refractivity contribution in [1.82, 2.24) is 10.3 Å². The van der Waals surface area contributed by atoms with Crippen LogP contribution in [-0.2, 0) is 16.1 Å². The highest BCUT2D eigenvalue weighted by atomic mass is 16.5. The molecule has 0 unspecified atom stereocenters. The molecule has 1 aromatic rings. The van der Waals surface area contributed by atoms with Gasteiger partial charge < -0.3 is 20.7 Å². The van der Waals surface area contributed by atoms with Crippen LogP contribution in [0.4, 0.5) is 5.82 Å². The number of hydrogen-bond acceptors (Lipinski definition) is 5. The van der Waals surface area contributed by atoms with E-state index in [0.29, 0.717) is 13.0 Å². The lowest BCUT2D eigenvalue weighted by molar-refractivity contribution is -0.121. The monoisotopic (exact) mass is 320 g/mol. The van der Waals surface area contributed by atoms with Crippen LogP contribution in [0, 0.1) is 0 Å². The minimum atomic E-state index is 0.106. The molecule has 1 aliphatic heterocycles. The molecule has 1 fully saturated rings. The second-order valence-electron chi connectivity index (χ2n) is 5.82. The van der Waals surface area contributed by atoms with E-state index < -0.39 is 0 Å². The van der Waals surface area contributed by atoms with E-state index >= 15 is 0 Å². The van der Waals surface area contributed by atoms with Crippen LogP contribution in [0.25, 0.3) is 0 Å². The Bertz CT molecular complexity index is 475. The van der Waals surface area contributed by atoms with Gasteiger partial charge in [-0.1, -0.05) is 18.9 Å². The van der Waals surface area contributed by atoms with E-state index in [1.807, 2.05) is 12.1 Å². The van der Waals surface area contributed by atoms with Gasteiger partial charge in [-0.3, -0.25) is 4.79 Å². The summed E-state index contributed by atoms with van der Waals surface area (Å²) in [5.74, 6) is 1.06. The maximum atomic E-state index is 11.9. The van der Waals surface area contributed by atoms with Crippen molar-refractivity contribution >= 4 is 11.7 Å². The molecule has 2 rings (SSSR count). The van der Waals surface area contributed by atoms with Crippen LogP contribution in [0.1, 0.15) is 37.7 Å². The topological polar surface area (TPSA) is 80.5 Å². The fourth-order valence-electron chi connectivity index (χ4n) is 2.69. The van der Waals surface area contributed by atoms with Crippen LogP contribution in [0.5, 0.6) is 0 Å². The molecule has 23 heavy (non-hydrogen) atoms. The van der Waals surface area contributed by atoms with Gasteiger partial charge in [0.05, 0.1) is 13.2 Å². The Balaban J connectivity index is 1.77. The number of unbranched alkanes of at least 4 members (excludes halogenated alkanes) is 3. The van der Waals surface area contributed by atoms with E-state index in [9.17, 15) is 4.79 Å². The number of rotatable bonds is 9. The predicted molar refractivity (Wildman–Crippen MR) is 91.3 cm³/mol. The molecule has 2 heterocycles. The van der Waals surface area contributed by atoms with Gasteiger partial charge in [0.25, 0.3) is 0 Å². The number of anilines is 1. The Kier molecular flexibility index (Phi) is 7.83. The minimum Gasteiger partial charge on any atom is -0.378 e. The van der Waals surface area contributed by atoms with Crippen molar-refractivity contribution in [1.29, 1.82) is 0 Å². The van der Waals surface area contributed by atoms with Gasteiger partial charge in [-0.05, 0) is 25.5 Å². The summed E-state index contributed by atoms with van der Waals surface area (Å²) in [6.07, 6.45) is 6.52. The summed E-state index contributed by atoms with van der Waals surface area (Å²) in [4.78, 5) is 18.7. The molecular weight excluding hydrogens is 292 g/mol. The highest BCUT2D eigenvalue weighted by molar-refractivity contribution is 5.76. The number of ether oxygens (including phenoxy) is 1. The van der Waals surface area contributed by atoms with Crippen molar-refractivity contribution in [3.63, 3.8) is 0 Å². The molecule has 0 spiro atoms. The van der Waals surface area contributed by atoms with E-state index in [4.69, 9.17) is 10.5 Å². The number of aromatic nitrogens is 1. The number of carbonyl (C=O) groups excluding carboxylic acids is 1. The van der Waals surface area contributed by atoms with E-state index in [-0.39, 0.29) is 5.91 Å². The van der Waals surface area contributed by atoms with Crippen LogP contribution in [0.2, 0.25) is 0 Å². The summed E-state index contributed by atoms with van der Waals surface area (Å²) in [6.45, 7) is 4.41. The standard InChI is InChI=1S/C17H28N4O2/c18-8-4-2-1-3-7-16(22)20-14-15-6-5-9-19-17(15)21-10-12-23-13-11-21/h5-6,9H,1-4,7-8,10-14,18H2,(H,20,22). The first-order valence-corrected chi connectivity index (χ1v) is 8.54. The van der Waals surface area contributed by atoms with Crippen LogP contribution < -0.4 is 16.0 Å². The smallest absolute Gasteiger partial charge is 0.220 e. The molecule has 1 amide bonds. The molecule has 0 atom stereocenters. The van der Waals surface area contributed by atoms with Gasteiger partial charge in [-0.25, -0.2) is 4.98 Å². The number of nitrogens with one attached hydrogen (secondary N) is 1. The first kappa shape index (κ1) is 17.7. The zero-order valence-corrected chi connectivity index (χ0v) is 13.8. The van der Waals surface area contributed by atoms with Gasteiger partial charge >= 0.3 is 0 Å². The van der Waals surface area contributed by atoms with Crippen LogP contribution in [0.3, 0.4) is 0 Å². The number of nitrogens with zero attached hydrogens (tertiary/aromatic N) is 2. The summed E-state index contributed by atoms with van der Waals surface area (Å²) < 4.78 is 5.38.